The zero-order chi connectivity index (χ0) is 19.9. The minimum Gasteiger partial charge on any atom is -0.493 e. The van der Waals surface area contributed by atoms with E-state index >= 15 is 0 Å². The molecule has 1 amide bonds. The molecule has 0 bridgehead atoms. The highest BCUT2D eigenvalue weighted by molar-refractivity contribution is 6.30. The molecule has 1 aromatic heterocycles. The second-order valence-electron chi connectivity index (χ2n) is 5.98. The molecule has 0 spiro atoms. The maximum absolute atomic E-state index is 12.1. The van der Waals surface area contributed by atoms with E-state index in [1.165, 1.54) is 0 Å². The van der Waals surface area contributed by atoms with Crippen LogP contribution < -0.4 is 14.8 Å². The SMILES string of the molecule is COc1ccc(CCC(=O)NCc2nc(-c3ccc(Cl)cc3)no2)cc1OC. The molecular weight excluding hydrogens is 382 g/mol. The van der Waals surface area contributed by atoms with E-state index in [2.05, 4.69) is 15.5 Å². The Morgan fingerprint density at radius 3 is 2.57 bits per heavy atom. The van der Waals surface area contributed by atoms with E-state index in [1.807, 2.05) is 18.2 Å². The lowest BCUT2D eigenvalue weighted by Gasteiger charge is -2.09. The molecule has 0 atom stereocenters. The van der Waals surface area contributed by atoms with Crippen LogP contribution in [0.15, 0.2) is 47.0 Å². The van der Waals surface area contributed by atoms with Gasteiger partial charge in [0.25, 0.3) is 0 Å². The summed E-state index contributed by atoms with van der Waals surface area (Å²) in [6.07, 6.45) is 0.902. The van der Waals surface area contributed by atoms with Crippen molar-refractivity contribution in [2.24, 2.45) is 0 Å². The Morgan fingerprint density at radius 2 is 1.86 bits per heavy atom. The van der Waals surface area contributed by atoms with Gasteiger partial charge < -0.3 is 19.3 Å². The van der Waals surface area contributed by atoms with E-state index in [9.17, 15) is 4.79 Å². The fraction of sp³-hybridized carbons (Fsp3) is 0.250. The van der Waals surface area contributed by atoms with Crippen molar-refractivity contribution < 1.29 is 18.8 Å². The maximum atomic E-state index is 12.1. The van der Waals surface area contributed by atoms with Crippen LogP contribution in [0.1, 0.15) is 17.9 Å². The number of hydrogen-bond acceptors (Lipinski definition) is 6. The van der Waals surface area contributed by atoms with E-state index in [4.69, 9.17) is 25.6 Å². The number of methoxy groups -OCH3 is 2. The topological polar surface area (TPSA) is 86.5 Å². The quantitative estimate of drug-likeness (QED) is 0.620. The summed E-state index contributed by atoms with van der Waals surface area (Å²) in [6.45, 7) is 0.172. The summed E-state index contributed by atoms with van der Waals surface area (Å²) >= 11 is 5.87. The van der Waals surface area contributed by atoms with Gasteiger partial charge in [0.1, 0.15) is 0 Å². The predicted molar refractivity (Wildman–Crippen MR) is 104 cm³/mol. The van der Waals surface area contributed by atoms with Crippen LogP contribution in [0.2, 0.25) is 5.02 Å². The molecule has 3 rings (SSSR count). The van der Waals surface area contributed by atoms with E-state index in [1.54, 1.807) is 38.5 Å². The zero-order valence-corrected chi connectivity index (χ0v) is 16.3. The molecule has 8 heteroatoms. The van der Waals surface area contributed by atoms with Crippen LogP contribution in [0.5, 0.6) is 11.5 Å². The van der Waals surface area contributed by atoms with Gasteiger partial charge in [0.05, 0.1) is 20.8 Å². The standard InChI is InChI=1S/C20H20ClN3O4/c1-26-16-9-3-13(11-17(16)27-2)4-10-18(25)22-12-19-23-20(24-28-19)14-5-7-15(21)8-6-14/h3,5-9,11H,4,10,12H2,1-2H3,(H,22,25). The van der Waals surface area contributed by atoms with Crippen molar-refractivity contribution in [1.29, 1.82) is 0 Å². The minimum atomic E-state index is -0.110. The van der Waals surface area contributed by atoms with Crippen LogP contribution in [-0.2, 0) is 17.8 Å². The molecule has 0 aliphatic rings. The van der Waals surface area contributed by atoms with Crippen LogP contribution in [0.25, 0.3) is 11.4 Å². The van der Waals surface area contributed by atoms with Crippen molar-refractivity contribution in [3.63, 3.8) is 0 Å². The number of aromatic nitrogens is 2. The van der Waals surface area contributed by atoms with Crippen molar-refractivity contribution in [3.05, 3.63) is 58.9 Å². The number of rotatable bonds is 8. The number of carbonyl (C=O) groups excluding carboxylic acids is 1. The minimum absolute atomic E-state index is 0.110. The highest BCUT2D eigenvalue weighted by Crippen LogP contribution is 2.28. The lowest BCUT2D eigenvalue weighted by Crippen LogP contribution is -2.23. The number of hydrogen-bond donors (Lipinski definition) is 1. The fourth-order valence-electron chi connectivity index (χ4n) is 2.60. The summed E-state index contributed by atoms with van der Waals surface area (Å²) in [5.41, 5.74) is 1.77. The molecule has 3 aromatic rings. The number of aryl methyl sites for hydroxylation is 1. The number of amides is 1. The molecule has 146 valence electrons. The highest BCUT2D eigenvalue weighted by atomic mass is 35.5. The van der Waals surface area contributed by atoms with Gasteiger partial charge in [-0.25, -0.2) is 0 Å². The number of halogens is 1. The number of nitrogens with zero attached hydrogens (tertiary/aromatic N) is 2. The van der Waals surface area contributed by atoms with Gasteiger partial charge >= 0.3 is 0 Å². The van der Waals surface area contributed by atoms with Crippen LogP contribution in [-0.4, -0.2) is 30.3 Å². The van der Waals surface area contributed by atoms with Gasteiger partial charge in [-0.3, -0.25) is 4.79 Å². The van der Waals surface area contributed by atoms with Crippen LogP contribution in [0.3, 0.4) is 0 Å². The van der Waals surface area contributed by atoms with Gasteiger partial charge in [-0.1, -0.05) is 22.8 Å². The third-order valence-corrected chi connectivity index (χ3v) is 4.35. The molecule has 0 unspecified atom stereocenters. The van der Waals surface area contributed by atoms with Crippen molar-refractivity contribution in [2.45, 2.75) is 19.4 Å². The molecule has 0 fully saturated rings. The molecule has 28 heavy (non-hydrogen) atoms. The van der Waals surface area contributed by atoms with E-state index in [-0.39, 0.29) is 12.5 Å². The van der Waals surface area contributed by atoms with Crippen molar-refractivity contribution in [2.75, 3.05) is 14.2 Å². The van der Waals surface area contributed by atoms with Crippen molar-refractivity contribution in [1.82, 2.24) is 15.5 Å². The summed E-state index contributed by atoms with van der Waals surface area (Å²) < 4.78 is 15.7. The first kappa shape index (κ1) is 19.7. The molecule has 0 radical (unpaired) electrons. The largest absolute Gasteiger partial charge is 0.493 e. The van der Waals surface area contributed by atoms with Crippen molar-refractivity contribution in [3.8, 4) is 22.9 Å². The number of nitrogens with one attached hydrogen (secondary N) is 1. The first-order valence-electron chi connectivity index (χ1n) is 8.65. The maximum Gasteiger partial charge on any atom is 0.246 e. The number of benzene rings is 2. The van der Waals surface area contributed by atoms with Gasteiger partial charge in [-0.05, 0) is 48.4 Å². The van der Waals surface area contributed by atoms with Gasteiger partial charge in [0, 0.05) is 17.0 Å². The Morgan fingerprint density at radius 1 is 1.11 bits per heavy atom. The summed E-state index contributed by atoms with van der Waals surface area (Å²) in [5.74, 6) is 1.97. The summed E-state index contributed by atoms with van der Waals surface area (Å²) in [4.78, 5) is 16.4. The summed E-state index contributed by atoms with van der Waals surface area (Å²) in [7, 11) is 3.16. The average molecular weight is 402 g/mol. The highest BCUT2D eigenvalue weighted by Gasteiger charge is 2.11. The first-order chi connectivity index (χ1) is 13.6. The molecule has 0 aliphatic carbocycles. The normalized spacial score (nSPS) is 10.5. The van der Waals surface area contributed by atoms with Crippen molar-refractivity contribution >= 4 is 17.5 Å². The average Bonchev–Trinajstić information content (AvgIpc) is 3.20. The first-order valence-corrected chi connectivity index (χ1v) is 9.03. The second kappa shape index (κ2) is 9.23. The lowest BCUT2D eigenvalue weighted by atomic mass is 10.1. The molecule has 0 saturated carbocycles. The van der Waals surface area contributed by atoms with Crippen LogP contribution in [0.4, 0.5) is 0 Å². The fourth-order valence-corrected chi connectivity index (χ4v) is 2.73. The van der Waals surface area contributed by atoms with Gasteiger partial charge in [-0.15, -0.1) is 0 Å². The molecule has 0 aliphatic heterocycles. The molecule has 2 aromatic carbocycles. The van der Waals surface area contributed by atoms with Gasteiger partial charge in [0.2, 0.25) is 17.6 Å². The Bertz CT molecular complexity index is 941. The molecular formula is C20H20ClN3O4. The Balaban J connectivity index is 1.50. The lowest BCUT2D eigenvalue weighted by molar-refractivity contribution is -0.121. The summed E-state index contributed by atoms with van der Waals surface area (Å²) in [5, 5.41) is 7.33. The predicted octanol–water partition coefficient (Wildman–Crippen LogP) is 3.66. The molecule has 1 heterocycles. The Labute approximate surface area is 167 Å². The zero-order valence-electron chi connectivity index (χ0n) is 15.6. The van der Waals surface area contributed by atoms with Crippen LogP contribution in [0, 0.1) is 0 Å². The smallest absolute Gasteiger partial charge is 0.246 e. The van der Waals surface area contributed by atoms with E-state index in [0.717, 1.165) is 11.1 Å². The number of carbonyl (C=O) groups is 1. The molecule has 7 nitrogen and oxygen atoms in total. The van der Waals surface area contributed by atoms with Crippen LogP contribution >= 0.6 is 11.6 Å². The molecule has 0 saturated heterocycles. The third-order valence-electron chi connectivity index (χ3n) is 4.10. The second-order valence-corrected chi connectivity index (χ2v) is 6.42. The van der Waals surface area contributed by atoms with E-state index < -0.39 is 0 Å². The van der Waals surface area contributed by atoms with E-state index in [0.29, 0.717) is 41.1 Å². The third kappa shape index (κ3) is 5.01. The Kier molecular flexibility index (Phi) is 6.49. The Hall–Kier alpha value is -3.06. The van der Waals surface area contributed by atoms with Gasteiger partial charge in [0.15, 0.2) is 11.5 Å². The monoisotopic (exact) mass is 401 g/mol. The summed E-state index contributed by atoms with van der Waals surface area (Å²) in [6, 6.07) is 12.7. The number of ether oxygens (including phenoxy) is 2. The molecule has 1 N–H and O–H groups in total. The van der Waals surface area contributed by atoms with Gasteiger partial charge in [-0.2, -0.15) is 4.98 Å².